The van der Waals surface area contributed by atoms with Crippen LogP contribution in [0, 0.1) is 0 Å². The van der Waals surface area contributed by atoms with Crippen LogP contribution in [0.3, 0.4) is 0 Å². The smallest absolute Gasteiger partial charge is 0.343 e. The maximum atomic E-state index is 12.4. The number of hydrogen-bond acceptors (Lipinski definition) is 7. The second kappa shape index (κ2) is 12.2. The van der Waals surface area contributed by atoms with Crippen LogP contribution in [0.5, 0.6) is 17.2 Å². The zero-order valence-electron chi connectivity index (χ0n) is 18.9. The van der Waals surface area contributed by atoms with Crippen molar-refractivity contribution in [1.82, 2.24) is 5.43 Å². The molecule has 0 aliphatic carbocycles. The number of carbonyl (C=O) groups is 3. The van der Waals surface area contributed by atoms with E-state index in [0.717, 1.165) is 0 Å². The highest BCUT2D eigenvalue weighted by molar-refractivity contribution is 6.39. The van der Waals surface area contributed by atoms with Crippen LogP contribution >= 0.6 is 11.6 Å². The van der Waals surface area contributed by atoms with Crippen LogP contribution in [0.15, 0.2) is 71.8 Å². The number of hydrogen-bond donors (Lipinski definition) is 2. The van der Waals surface area contributed by atoms with Crippen LogP contribution in [-0.4, -0.2) is 37.7 Å². The van der Waals surface area contributed by atoms with Gasteiger partial charge in [-0.3, -0.25) is 9.59 Å². The zero-order chi connectivity index (χ0) is 25.2. The maximum absolute atomic E-state index is 12.4. The van der Waals surface area contributed by atoms with E-state index in [1.165, 1.54) is 19.4 Å². The standard InChI is InChI=1S/C25H22ClN3O6/c1-3-34-22-13-16(7-12-21(22)35-25(32)17-8-10-18(26)11-9-17)15-27-29-24(31)23(30)28-19-5-4-6-20(14-19)33-2/h4-15H,3H2,1-2H3,(H,28,30)(H,29,31). The fourth-order valence-corrected chi connectivity index (χ4v) is 2.93. The summed E-state index contributed by atoms with van der Waals surface area (Å²) in [6.07, 6.45) is 1.32. The van der Waals surface area contributed by atoms with Gasteiger partial charge in [0.15, 0.2) is 11.5 Å². The highest BCUT2D eigenvalue weighted by Gasteiger charge is 2.15. The first-order chi connectivity index (χ1) is 16.9. The van der Waals surface area contributed by atoms with E-state index in [1.54, 1.807) is 67.6 Å². The maximum Gasteiger partial charge on any atom is 0.343 e. The van der Waals surface area contributed by atoms with Gasteiger partial charge < -0.3 is 19.5 Å². The van der Waals surface area contributed by atoms with E-state index >= 15 is 0 Å². The largest absolute Gasteiger partial charge is 0.497 e. The van der Waals surface area contributed by atoms with E-state index in [2.05, 4.69) is 15.8 Å². The molecule has 3 aromatic carbocycles. The monoisotopic (exact) mass is 495 g/mol. The van der Waals surface area contributed by atoms with Gasteiger partial charge in [-0.15, -0.1) is 0 Å². The molecule has 0 atom stereocenters. The summed E-state index contributed by atoms with van der Waals surface area (Å²) in [4.78, 5) is 36.5. The quantitative estimate of drug-likeness (QED) is 0.160. The number of rotatable bonds is 8. The molecular formula is C25H22ClN3O6. The number of nitrogens with zero attached hydrogens (tertiary/aromatic N) is 1. The number of halogens is 1. The van der Waals surface area contributed by atoms with E-state index in [4.69, 9.17) is 25.8 Å². The summed E-state index contributed by atoms with van der Waals surface area (Å²) in [5.74, 6) is -1.36. The SMILES string of the molecule is CCOc1cc(C=NNC(=O)C(=O)Nc2cccc(OC)c2)ccc1OC(=O)c1ccc(Cl)cc1. The lowest BCUT2D eigenvalue weighted by atomic mass is 10.2. The molecule has 2 amide bonds. The fraction of sp³-hybridized carbons (Fsp3) is 0.120. The first kappa shape index (κ1) is 25.3. The number of anilines is 1. The van der Waals surface area contributed by atoms with E-state index in [0.29, 0.717) is 39.9 Å². The Morgan fingerprint density at radius 2 is 1.74 bits per heavy atom. The summed E-state index contributed by atoms with van der Waals surface area (Å²) >= 11 is 5.85. The predicted octanol–water partition coefficient (Wildman–Crippen LogP) is 4.06. The molecule has 9 nitrogen and oxygen atoms in total. The first-order valence-electron chi connectivity index (χ1n) is 10.4. The summed E-state index contributed by atoms with van der Waals surface area (Å²) < 4.78 is 16.1. The third-order valence-electron chi connectivity index (χ3n) is 4.46. The Morgan fingerprint density at radius 1 is 0.971 bits per heavy atom. The van der Waals surface area contributed by atoms with Gasteiger partial charge in [-0.05, 0) is 67.1 Å². The van der Waals surface area contributed by atoms with Crippen LogP contribution in [0.1, 0.15) is 22.8 Å². The molecule has 180 valence electrons. The second-order valence-corrected chi connectivity index (χ2v) is 7.36. The van der Waals surface area contributed by atoms with Gasteiger partial charge in [0.05, 0.1) is 25.5 Å². The Morgan fingerprint density at radius 3 is 2.46 bits per heavy atom. The Labute approximate surface area is 206 Å². The number of methoxy groups -OCH3 is 1. The predicted molar refractivity (Wildman–Crippen MR) is 131 cm³/mol. The van der Waals surface area contributed by atoms with Gasteiger partial charge in [-0.2, -0.15) is 5.10 Å². The molecule has 3 aromatic rings. The van der Waals surface area contributed by atoms with Gasteiger partial charge in [-0.25, -0.2) is 10.2 Å². The molecule has 0 aliphatic rings. The molecule has 0 bridgehead atoms. The minimum atomic E-state index is -0.956. The molecule has 3 rings (SSSR count). The fourth-order valence-electron chi connectivity index (χ4n) is 2.81. The molecule has 0 unspecified atom stereocenters. The average molecular weight is 496 g/mol. The van der Waals surface area contributed by atoms with Gasteiger partial charge in [0.1, 0.15) is 5.75 Å². The number of nitrogens with one attached hydrogen (secondary N) is 2. The second-order valence-electron chi connectivity index (χ2n) is 6.92. The summed E-state index contributed by atoms with van der Waals surface area (Å²) in [5, 5.41) is 6.76. The summed E-state index contributed by atoms with van der Waals surface area (Å²) in [6, 6.07) is 17.6. The molecule has 0 heterocycles. The highest BCUT2D eigenvalue weighted by atomic mass is 35.5. The Kier molecular flexibility index (Phi) is 8.80. The van der Waals surface area contributed by atoms with Gasteiger partial charge in [0.25, 0.3) is 0 Å². The summed E-state index contributed by atoms with van der Waals surface area (Å²) in [6.45, 7) is 2.11. The van der Waals surface area contributed by atoms with Crippen molar-refractivity contribution in [3.8, 4) is 17.2 Å². The van der Waals surface area contributed by atoms with Crippen molar-refractivity contribution in [2.75, 3.05) is 19.0 Å². The van der Waals surface area contributed by atoms with Crippen molar-refractivity contribution in [2.24, 2.45) is 5.10 Å². The lowest BCUT2D eigenvalue weighted by Gasteiger charge is -2.11. The minimum absolute atomic E-state index is 0.214. The molecule has 0 aliphatic heterocycles. The number of ether oxygens (including phenoxy) is 3. The molecule has 0 fully saturated rings. The molecule has 0 radical (unpaired) electrons. The topological polar surface area (TPSA) is 115 Å². The highest BCUT2D eigenvalue weighted by Crippen LogP contribution is 2.29. The van der Waals surface area contributed by atoms with Gasteiger partial charge in [0.2, 0.25) is 0 Å². The third-order valence-corrected chi connectivity index (χ3v) is 4.72. The van der Waals surface area contributed by atoms with E-state index < -0.39 is 17.8 Å². The Bertz CT molecular complexity index is 1240. The Hall–Kier alpha value is -4.37. The van der Waals surface area contributed by atoms with Crippen molar-refractivity contribution in [3.63, 3.8) is 0 Å². The first-order valence-corrected chi connectivity index (χ1v) is 10.8. The summed E-state index contributed by atoms with van der Waals surface area (Å²) in [7, 11) is 1.50. The van der Waals surface area contributed by atoms with Crippen molar-refractivity contribution in [1.29, 1.82) is 0 Å². The number of benzene rings is 3. The number of carbonyl (C=O) groups excluding carboxylic acids is 3. The minimum Gasteiger partial charge on any atom is -0.497 e. The van der Waals surface area contributed by atoms with Crippen molar-refractivity contribution < 1.29 is 28.6 Å². The van der Waals surface area contributed by atoms with Gasteiger partial charge in [-0.1, -0.05) is 17.7 Å². The van der Waals surface area contributed by atoms with Crippen LogP contribution in [0.25, 0.3) is 0 Å². The molecular weight excluding hydrogens is 474 g/mol. The van der Waals surface area contributed by atoms with E-state index in [-0.39, 0.29) is 5.75 Å². The van der Waals surface area contributed by atoms with E-state index in [1.807, 2.05) is 0 Å². The van der Waals surface area contributed by atoms with Crippen LogP contribution < -0.4 is 25.0 Å². The number of hydrazone groups is 1. The van der Waals surface area contributed by atoms with Crippen LogP contribution in [0.4, 0.5) is 5.69 Å². The van der Waals surface area contributed by atoms with Crippen LogP contribution in [-0.2, 0) is 9.59 Å². The summed E-state index contributed by atoms with van der Waals surface area (Å²) in [5.41, 5.74) is 3.42. The average Bonchev–Trinajstić information content (AvgIpc) is 2.86. The lowest BCUT2D eigenvalue weighted by Crippen LogP contribution is -2.32. The normalized spacial score (nSPS) is 10.5. The molecule has 0 saturated heterocycles. The molecule has 35 heavy (non-hydrogen) atoms. The van der Waals surface area contributed by atoms with Crippen molar-refractivity contribution >= 4 is 41.3 Å². The number of amides is 2. The van der Waals surface area contributed by atoms with Crippen LogP contribution in [0.2, 0.25) is 5.02 Å². The van der Waals surface area contributed by atoms with E-state index in [9.17, 15) is 14.4 Å². The number of esters is 1. The van der Waals surface area contributed by atoms with Gasteiger partial charge >= 0.3 is 17.8 Å². The zero-order valence-corrected chi connectivity index (χ0v) is 19.7. The molecule has 10 heteroatoms. The molecule has 0 spiro atoms. The van der Waals surface area contributed by atoms with Gasteiger partial charge in [0, 0.05) is 16.8 Å². The molecule has 0 saturated carbocycles. The van der Waals surface area contributed by atoms with Crippen molar-refractivity contribution in [2.45, 2.75) is 6.92 Å². The third kappa shape index (κ3) is 7.31. The van der Waals surface area contributed by atoms with Crippen molar-refractivity contribution in [3.05, 3.63) is 82.9 Å². The lowest BCUT2D eigenvalue weighted by molar-refractivity contribution is -0.136. The Balaban J connectivity index is 1.62. The molecule has 2 N–H and O–H groups in total. The molecule has 0 aromatic heterocycles.